The van der Waals surface area contributed by atoms with Crippen molar-refractivity contribution in [3.8, 4) is 11.8 Å². The lowest BCUT2D eigenvalue weighted by Crippen LogP contribution is -2.23. The number of nitrogens with one attached hydrogen (secondary N) is 1. The Morgan fingerprint density at radius 2 is 2.05 bits per heavy atom. The third-order valence-electron chi connectivity index (χ3n) is 3.43. The van der Waals surface area contributed by atoms with E-state index in [4.69, 9.17) is 10.00 Å². The molecule has 0 aromatic heterocycles. The predicted molar refractivity (Wildman–Crippen MR) is 87.5 cm³/mol. The van der Waals surface area contributed by atoms with Crippen molar-refractivity contribution in [3.63, 3.8) is 0 Å². The fourth-order valence-corrected chi connectivity index (χ4v) is 2.17. The molecule has 0 saturated heterocycles. The van der Waals surface area contributed by atoms with Gasteiger partial charge in [-0.05, 0) is 43.6 Å². The minimum Gasteiger partial charge on any atom is -0.495 e. The van der Waals surface area contributed by atoms with Crippen molar-refractivity contribution < 1.29 is 4.74 Å². The van der Waals surface area contributed by atoms with Crippen LogP contribution in [0.15, 0.2) is 18.2 Å². The highest BCUT2D eigenvalue weighted by atomic mass is 16.5. The van der Waals surface area contributed by atoms with Crippen LogP contribution in [0.5, 0.6) is 5.75 Å². The summed E-state index contributed by atoms with van der Waals surface area (Å²) in [6.45, 7) is 6.06. The van der Waals surface area contributed by atoms with Crippen molar-refractivity contribution in [2.75, 3.05) is 33.1 Å². The highest BCUT2D eigenvalue weighted by Gasteiger charge is 2.18. The summed E-state index contributed by atoms with van der Waals surface area (Å²) in [6, 6.07) is 8.45. The molecule has 0 saturated carbocycles. The summed E-state index contributed by atoms with van der Waals surface area (Å²) in [5.41, 5.74) is 2.35. The summed E-state index contributed by atoms with van der Waals surface area (Å²) in [5.74, 6) is 0.855. The molecule has 0 radical (unpaired) electrons. The molecule has 0 unspecified atom stereocenters. The van der Waals surface area contributed by atoms with Crippen LogP contribution in [0.1, 0.15) is 32.3 Å². The second-order valence-electron chi connectivity index (χ2n) is 6.45. The Bertz CT molecular complexity index is 489. The van der Waals surface area contributed by atoms with Crippen LogP contribution in [0.25, 0.3) is 0 Å². The average Bonchev–Trinajstić information content (AvgIpc) is 2.43. The predicted octanol–water partition coefficient (Wildman–Crippen LogP) is 3.50. The van der Waals surface area contributed by atoms with Crippen LogP contribution in [0.3, 0.4) is 0 Å². The summed E-state index contributed by atoms with van der Waals surface area (Å²) in [5, 5.41) is 12.2. The minimum absolute atomic E-state index is 0.0816. The first-order chi connectivity index (χ1) is 9.88. The van der Waals surface area contributed by atoms with Gasteiger partial charge < -0.3 is 15.0 Å². The molecule has 0 aliphatic heterocycles. The normalized spacial score (nSPS) is 11.3. The van der Waals surface area contributed by atoms with Crippen molar-refractivity contribution in [2.24, 2.45) is 5.41 Å². The molecule has 0 amide bonds. The van der Waals surface area contributed by atoms with E-state index in [0.717, 1.165) is 30.9 Å². The van der Waals surface area contributed by atoms with Crippen LogP contribution in [0, 0.1) is 16.7 Å². The number of benzene rings is 1. The Kier molecular flexibility index (Phi) is 6.51. The molecule has 116 valence electrons. The van der Waals surface area contributed by atoms with E-state index in [1.54, 1.807) is 7.11 Å². The summed E-state index contributed by atoms with van der Waals surface area (Å²) in [4.78, 5) is 2.14. The fourth-order valence-electron chi connectivity index (χ4n) is 2.17. The zero-order chi connectivity index (χ0) is 15.9. The Morgan fingerprint density at radius 3 is 2.62 bits per heavy atom. The number of methoxy groups -OCH3 is 1. The molecule has 1 aromatic carbocycles. The first-order valence-electron chi connectivity index (χ1n) is 7.30. The number of nitrogens with zero attached hydrogens (tertiary/aromatic N) is 2. The largest absolute Gasteiger partial charge is 0.495 e. The molecule has 0 aliphatic rings. The zero-order valence-electron chi connectivity index (χ0n) is 13.9. The summed E-state index contributed by atoms with van der Waals surface area (Å²) < 4.78 is 5.42. The zero-order valence-corrected chi connectivity index (χ0v) is 13.9. The van der Waals surface area contributed by atoms with Gasteiger partial charge in [0.05, 0.1) is 18.9 Å². The molecule has 1 aromatic rings. The summed E-state index contributed by atoms with van der Waals surface area (Å²) >= 11 is 0. The number of ether oxygens (including phenoxy) is 1. The fraction of sp³-hybridized carbons (Fsp3) is 0.588. The maximum Gasteiger partial charge on any atom is 0.141 e. The van der Waals surface area contributed by atoms with Gasteiger partial charge in [-0.2, -0.15) is 5.26 Å². The molecule has 0 atom stereocenters. The van der Waals surface area contributed by atoms with Gasteiger partial charge in [-0.3, -0.25) is 0 Å². The third-order valence-corrected chi connectivity index (χ3v) is 3.43. The molecule has 0 bridgehead atoms. The highest BCUT2D eigenvalue weighted by Crippen LogP contribution is 2.29. The van der Waals surface area contributed by atoms with Gasteiger partial charge in [0.15, 0.2) is 0 Å². The number of anilines is 1. The van der Waals surface area contributed by atoms with Gasteiger partial charge >= 0.3 is 0 Å². The Balaban J connectivity index is 2.78. The van der Waals surface area contributed by atoms with E-state index >= 15 is 0 Å². The van der Waals surface area contributed by atoms with E-state index in [1.807, 2.05) is 6.07 Å². The molecule has 0 fully saturated rings. The Hall–Kier alpha value is -1.73. The van der Waals surface area contributed by atoms with E-state index in [-0.39, 0.29) is 5.41 Å². The molecule has 1 rings (SSSR count). The van der Waals surface area contributed by atoms with Crippen molar-refractivity contribution in [1.82, 2.24) is 4.90 Å². The number of rotatable bonds is 8. The van der Waals surface area contributed by atoms with Gasteiger partial charge in [-0.1, -0.05) is 19.9 Å². The maximum atomic E-state index is 8.72. The van der Waals surface area contributed by atoms with Crippen LogP contribution in [-0.4, -0.2) is 32.6 Å². The molecule has 1 N–H and O–H groups in total. The standard InChI is InChI=1S/C17H27N3O/c1-17(2,9-6-10-18)13-19-15-11-14(12-20(3)4)7-8-16(15)21-5/h7-8,11,19H,6,9,12-13H2,1-5H3. The van der Waals surface area contributed by atoms with Gasteiger partial charge in [0, 0.05) is 19.5 Å². The molecule has 0 spiro atoms. The first-order valence-corrected chi connectivity index (χ1v) is 7.30. The van der Waals surface area contributed by atoms with Crippen LogP contribution < -0.4 is 10.1 Å². The van der Waals surface area contributed by atoms with Crippen LogP contribution in [0.4, 0.5) is 5.69 Å². The average molecular weight is 289 g/mol. The van der Waals surface area contributed by atoms with Crippen LogP contribution in [-0.2, 0) is 6.54 Å². The number of hydrogen-bond donors (Lipinski definition) is 1. The smallest absolute Gasteiger partial charge is 0.141 e. The third kappa shape index (κ3) is 6.05. The van der Waals surface area contributed by atoms with E-state index in [9.17, 15) is 0 Å². The topological polar surface area (TPSA) is 48.3 Å². The lowest BCUT2D eigenvalue weighted by molar-refractivity contribution is 0.362. The van der Waals surface area contributed by atoms with E-state index in [0.29, 0.717) is 6.42 Å². The van der Waals surface area contributed by atoms with Gasteiger partial charge in [0.2, 0.25) is 0 Å². The summed E-state index contributed by atoms with van der Waals surface area (Å²) in [6.07, 6.45) is 1.47. The number of nitriles is 1. The summed E-state index contributed by atoms with van der Waals surface area (Å²) in [7, 11) is 5.80. The first kappa shape index (κ1) is 17.3. The van der Waals surface area contributed by atoms with Gasteiger partial charge in [0.1, 0.15) is 5.75 Å². The SMILES string of the molecule is COc1ccc(CN(C)C)cc1NCC(C)(C)CCC#N. The Labute approximate surface area is 128 Å². The molecule has 4 nitrogen and oxygen atoms in total. The Morgan fingerprint density at radius 1 is 1.33 bits per heavy atom. The van der Waals surface area contributed by atoms with Crippen LogP contribution >= 0.6 is 0 Å². The van der Waals surface area contributed by atoms with Crippen molar-refractivity contribution in [2.45, 2.75) is 33.2 Å². The second kappa shape index (κ2) is 7.90. The van der Waals surface area contributed by atoms with Gasteiger partial charge in [0.25, 0.3) is 0 Å². The molecule has 21 heavy (non-hydrogen) atoms. The second-order valence-corrected chi connectivity index (χ2v) is 6.45. The van der Waals surface area contributed by atoms with Crippen molar-refractivity contribution in [3.05, 3.63) is 23.8 Å². The van der Waals surface area contributed by atoms with E-state index in [1.165, 1.54) is 5.56 Å². The lowest BCUT2D eigenvalue weighted by Gasteiger charge is -2.25. The quantitative estimate of drug-likeness (QED) is 0.795. The van der Waals surface area contributed by atoms with E-state index < -0.39 is 0 Å². The lowest BCUT2D eigenvalue weighted by atomic mass is 9.88. The molecule has 0 heterocycles. The van der Waals surface area contributed by atoms with Gasteiger partial charge in [-0.25, -0.2) is 0 Å². The minimum atomic E-state index is 0.0816. The van der Waals surface area contributed by atoms with Gasteiger partial charge in [-0.15, -0.1) is 0 Å². The monoisotopic (exact) mass is 289 g/mol. The number of hydrogen-bond acceptors (Lipinski definition) is 4. The van der Waals surface area contributed by atoms with Crippen molar-refractivity contribution in [1.29, 1.82) is 5.26 Å². The molecular formula is C17H27N3O. The highest BCUT2D eigenvalue weighted by molar-refractivity contribution is 5.58. The molecule has 0 aliphatic carbocycles. The van der Waals surface area contributed by atoms with E-state index in [2.05, 4.69) is 56.4 Å². The maximum absolute atomic E-state index is 8.72. The molecular weight excluding hydrogens is 262 g/mol. The molecule has 4 heteroatoms. The van der Waals surface area contributed by atoms with Crippen LogP contribution in [0.2, 0.25) is 0 Å². The van der Waals surface area contributed by atoms with Crippen molar-refractivity contribution >= 4 is 5.69 Å².